The van der Waals surface area contributed by atoms with Crippen LogP contribution in [0.1, 0.15) is 33.6 Å². The summed E-state index contributed by atoms with van der Waals surface area (Å²) in [4.78, 5) is 0. The molecule has 0 aromatic heterocycles. The lowest BCUT2D eigenvalue weighted by atomic mass is 10.0. The zero-order valence-electron chi connectivity index (χ0n) is 11.2. The Kier molecular flexibility index (Phi) is 3.06. The Morgan fingerprint density at radius 1 is 1.44 bits per heavy atom. The SMILES string of the molecule is CC(C)(C)[Si](C)(C)OCC1=CCC[C@H]2O[C@@H]12. The molecule has 2 rings (SSSR count). The van der Waals surface area contributed by atoms with Crippen LogP contribution in [0.2, 0.25) is 18.1 Å². The summed E-state index contributed by atoms with van der Waals surface area (Å²) < 4.78 is 11.8. The van der Waals surface area contributed by atoms with E-state index in [4.69, 9.17) is 9.16 Å². The molecule has 16 heavy (non-hydrogen) atoms. The summed E-state index contributed by atoms with van der Waals surface area (Å²) in [5.74, 6) is 0. The van der Waals surface area contributed by atoms with Crippen LogP contribution >= 0.6 is 0 Å². The Morgan fingerprint density at radius 2 is 2.12 bits per heavy atom. The highest BCUT2D eigenvalue weighted by Gasteiger charge is 2.44. The zero-order chi connectivity index (χ0) is 12.0. The second-order valence-electron chi connectivity index (χ2n) is 6.50. The van der Waals surface area contributed by atoms with E-state index in [-0.39, 0.29) is 0 Å². The topological polar surface area (TPSA) is 21.8 Å². The molecule has 0 amide bonds. The maximum absolute atomic E-state index is 6.22. The van der Waals surface area contributed by atoms with Gasteiger partial charge in [-0.25, -0.2) is 0 Å². The van der Waals surface area contributed by atoms with Gasteiger partial charge in [0.2, 0.25) is 0 Å². The van der Waals surface area contributed by atoms with E-state index in [0.717, 1.165) is 13.0 Å². The van der Waals surface area contributed by atoms with Crippen molar-refractivity contribution in [1.82, 2.24) is 0 Å². The van der Waals surface area contributed by atoms with Crippen molar-refractivity contribution >= 4 is 8.32 Å². The van der Waals surface area contributed by atoms with Crippen LogP contribution in [-0.4, -0.2) is 27.1 Å². The molecule has 92 valence electrons. The minimum atomic E-state index is -1.60. The van der Waals surface area contributed by atoms with Crippen molar-refractivity contribution in [2.45, 2.75) is 64.0 Å². The molecule has 0 spiro atoms. The fourth-order valence-corrected chi connectivity index (χ4v) is 2.82. The van der Waals surface area contributed by atoms with Crippen LogP contribution in [0.3, 0.4) is 0 Å². The van der Waals surface area contributed by atoms with E-state index in [0.29, 0.717) is 17.2 Å². The van der Waals surface area contributed by atoms with Crippen LogP contribution in [0.15, 0.2) is 11.6 Å². The minimum absolute atomic E-state index is 0.298. The molecule has 2 nitrogen and oxygen atoms in total. The van der Waals surface area contributed by atoms with E-state index in [9.17, 15) is 0 Å². The monoisotopic (exact) mass is 240 g/mol. The van der Waals surface area contributed by atoms with Gasteiger partial charge in [0, 0.05) is 0 Å². The highest BCUT2D eigenvalue weighted by atomic mass is 28.4. The second-order valence-corrected chi connectivity index (χ2v) is 11.3. The van der Waals surface area contributed by atoms with Crippen molar-refractivity contribution in [3.8, 4) is 0 Å². The second kappa shape index (κ2) is 3.97. The predicted molar refractivity (Wildman–Crippen MR) is 69.1 cm³/mol. The lowest BCUT2D eigenvalue weighted by molar-refractivity contribution is 0.304. The lowest BCUT2D eigenvalue weighted by Gasteiger charge is -2.36. The van der Waals surface area contributed by atoms with E-state index in [1.807, 2.05) is 0 Å². The Labute approximate surface area is 100 Å². The first-order chi connectivity index (χ1) is 7.31. The highest BCUT2D eigenvalue weighted by molar-refractivity contribution is 6.74. The van der Waals surface area contributed by atoms with Crippen molar-refractivity contribution in [3.63, 3.8) is 0 Å². The van der Waals surface area contributed by atoms with Gasteiger partial charge in [0.05, 0.1) is 12.7 Å². The summed E-state index contributed by atoms with van der Waals surface area (Å²) >= 11 is 0. The smallest absolute Gasteiger partial charge is 0.192 e. The third-order valence-corrected chi connectivity index (χ3v) is 8.69. The molecular weight excluding hydrogens is 216 g/mol. The summed E-state index contributed by atoms with van der Waals surface area (Å²) in [5.41, 5.74) is 1.39. The standard InChI is InChI=1S/C13H24O2Si/c1-13(2,3)16(4,5)14-9-10-7-6-8-11-12(10)15-11/h7,11-12H,6,8-9H2,1-5H3/t11-,12+/m1/s1. The molecule has 1 fully saturated rings. The van der Waals surface area contributed by atoms with Crippen LogP contribution < -0.4 is 0 Å². The van der Waals surface area contributed by atoms with E-state index in [1.165, 1.54) is 12.0 Å². The van der Waals surface area contributed by atoms with Gasteiger partial charge in [-0.05, 0) is 36.5 Å². The number of hydrogen-bond donors (Lipinski definition) is 0. The molecule has 2 aliphatic rings. The van der Waals surface area contributed by atoms with E-state index in [1.54, 1.807) is 0 Å². The Balaban J connectivity index is 1.90. The van der Waals surface area contributed by atoms with Gasteiger partial charge in [0.15, 0.2) is 8.32 Å². The Bertz CT molecular complexity index is 302. The first-order valence-electron chi connectivity index (χ1n) is 6.29. The van der Waals surface area contributed by atoms with Gasteiger partial charge in [-0.3, -0.25) is 0 Å². The Morgan fingerprint density at radius 3 is 2.75 bits per heavy atom. The lowest BCUT2D eigenvalue weighted by Crippen LogP contribution is -2.41. The van der Waals surface area contributed by atoms with Crippen molar-refractivity contribution in [2.24, 2.45) is 0 Å². The summed E-state index contributed by atoms with van der Waals surface area (Å²) in [6, 6.07) is 0. The molecule has 3 heteroatoms. The third kappa shape index (κ3) is 2.41. The molecule has 0 aromatic rings. The highest BCUT2D eigenvalue weighted by Crippen LogP contribution is 2.40. The van der Waals surface area contributed by atoms with Crippen LogP contribution in [0.25, 0.3) is 0 Å². The van der Waals surface area contributed by atoms with Gasteiger partial charge in [0.25, 0.3) is 0 Å². The van der Waals surface area contributed by atoms with Gasteiger partial charge in [-0.1, -0.05) is 26.8 Å². The predicted octanol–water partition coefficient (Wildman–Crippen LogP) is 3.50. The molecule has 2 atom stereocenters. The maximum Gasteiger partial charge on any atom is 0.192 e. The number of fused-ring (bicyclic) bond motifs is 1. The summed E-state index contributed by atoms with van der Waals surface area (Å²) in [6.07, 6.45) is 5.61. The number of allylic oxidation sites excluding steroid dienone is 1. The molecule has 1 heterocycles. The van der Waals surface area contributed by atoms with Gasteiger partial charge in [-0.15, -0.1) is 0 Å². The van der Waals surface area contributed by atoms with Gasteiger partial charge >= 0.3 is 0 Å². The summed E-state index contributed by atoms with van der Waals surface area (Å²) in [7, 11) is -1.60. The Hall–Kier alpha value is -0.123. The number of hydrogen-bond acceptors (Lipinski definition) is 2. The molecule has 0 N–H and O–H groups in total. The van der Waals surface area contributed by atoms with Gasteiger partial charge in [-0.2, -0.15) is 0 Å². The normalized spacial score (nSPS) is 29.7. The van der Waals surface area contributed by atoms with E-state index < -0.39 is 8.32 Å². The van der Waals surface area contributed by atoms with Crippen LogP contribution in [0.4, 0.5) is 0 Å². The van der Waals surface area contributed by atoms with Gasteiger partial charge in [0.1, 0.15) is 6.10 Å². The number of rotatable bonds is 3. The van der Waals surface area contributed by atoms with Crippen LogP contribution in [0.5, 0.6) is 0 Å². The molecule has 0 unspecified atom stereocenters. The molecule has 0 bridgehead atoms. The van der Waals surface area contributed by atoms with Crippen LogP contribution in [-0.2, 0) is 9.16 Å². The van der Waals surface area contributed by atoms with Crippen molar-refractivity contribution < 1.29 is 9.16 Å². The molecule has 0 aromatic carbocycles. The molecule has 0 saturated carbocycles. The fourth-order valence-electron chi connectivity index (χ4n) is 1.86. The van der Waals surface area contributed by atoms with Crippen molar-refractivity contribution in [3.05, 3.63) is 11.6 Å². The van der Waals surface area contributed by atoms with Crippen molar-refractivity contribution in [1.29, 1.82) is 0 Å². The summed E-state index contributed by atoms with van der Waals surface area (Å²) in [5, 5.41) is 0.298. The van der Waals surface area contributed by atoms with E-state index >= 15 is 0 Å². The maximum atomic E-state index is 6.22. The third-order valence-electron chi connectivity index (χ3n) is 4.21. The van der Waals surface area contributed by atoms with Crippen molar-refractivity contribution in [2.75, 3.05) is 6.61 Å². The molecule has 1 saturated heterocycles. The number of ether oxygens (including phenoxy) is 1. The minimum Gasteiger partial charge on any atom is -0.413 e. The zero-order valence-corrected chi connectivity index (χ0v) is 12.2. The molecule has 1 aliphatic heterocycles. The first kappa shape index (κ1) is 12.3. The summed E-state index contributed by atoms with van der Waals surface area (Å²) in [6.45, 7) is 12.3. The van der Waals surface area contributed by atoms with Crippen LogP contribution in [0, 0.1) is 0 Å². The van der Waals surface area contributed by atoms with E-state index in [2.05, 4.69) is 39.9 Å². The molecule has 0 radical (unpaired) electrons. The average Bonchev–Trinajstić information content (AvgIpc) is 2.91. The fraction of sp³-hybridized carbons (Fsp3) is 0.846. The quantitative estimate of drug-likeness (QED) is 0.428. The van der Waals surface area contributed by atoms with Gasteiger partial charge < -0.3 is 9.16 Å². The molecule has 1 aliphatic carbocycles. The molecular formula is C13H24O2Si. The number of epoxide rings is 1. The average molecular weight is 240 g/mol. The largest absolute Gasteiger partial charge is 0.413 e. The first-order valence-corrected chi connectivity index (χ1v) is 9.20.